The molecular formula is C26H25IN2O5. The summed E-state index contributed by atoms with van der Waals surface area (Å²) in [6.07, 6.45) is 0. The minimum atomic E-state index is -0.957. The molecule has 0 radical (unpaired) electrons. The number of nitrogens with one attached hydrogen (secondary N) is 1. The molecule has 1 atom stereocenters. The highest BCUT2D eigenvalue weighted by Crippen LogP contribution is 2.31. The first kappa shape index (κ1) is 25.2. The Hall–Kier alpha value is -3.40. The van der Waals surface area contributed by atoms with Crippen molar-refractivity contribution >= 4 is 46.1 Å². The molecule has 0 saturated heterocycles. The molecule has 0 fully saturated rings. The van der Waals surface area contributed by atoms with Gasteiger partial charge in [0.15, 0.2) is 6.61 Å². The van der Waals surface area contributed by atoms with Gasteiger partial charge in [0.05, 0.1) is 7.11 Å². The number of esters is 1. The molecule has 3 aromatic carbocycles. The van der Waals surface area contributed by atoms with E-state index in [4.69, 9.17) is 4.74 Å². The predicted octanol–water partition coefficient (Wildman–Crippen LogP) is 4.25. The van der Waals surface area contributed by atoms with Crippen molar-refractivity contribution in [2.24, 2.45) is 0 Å². The van der Waals surface area contributed by atoms with Crippen LogP contribution in [0, 0.1) is 3.57 Å². The molecule has 0 saturated carbocycles. The van der Waals surface area contributed by atoms with E-state index in [1.807, 2.05) is 48.5 Å². The highest BCUT2D eigenvalue weighted by molar-refractivity contribution is 14.1. The third kappa shape index (κ3) is 6.80. The van der Waals surface area contributed by atoms with Gasteiger partial charge in [-0.1, -0.05) is 48.5 Å². The summed E-state index contributed by atoms with van der Waals surface area (Å²) in [5.74, 6) is -0.771. The number of methoxy groups -OCH3 is 1. The van der Waals surface area contributed by atoms with Crippen molar-refractivity contribution in [3.05, 3.63) is 93.6 Å². The number of amides is 2. The molecular weight excluding hydrogens is 547 g/mol. The molecule has 1 N–H and O–H groups in total. The Bertz CT molecular complexity index is 1150. The van der Waals surface area contributed by atoms with E-state index in [0.29, 0.717) is 23.5 Å². The van der Waals surface area contributed by atoms with Crippen LogP contribution in [0.1, 0.15) is 24.1 Å². The van der Waals surface area contributed by atoms with E-state index < -0.39 is 12.0 Å². The average molecular weight is 572 g/mol. The maximum atomic E-state index is 13.5. The number of halogens is 1. The monoisotopic (exact) mass is 572 g/mol. The third-order valence-electron chi connectivity index (χ3n) is 5.00. The lowest BCUT2D eigenvalue weighted by Gasteiger charge is -2.31. The number of nitrogens with zero attached hydrogens (tertiary/aromatic N) is 1. The topological polar surface area (TPSA) is 84.9 Å². The maximum absolute atomic E-state index is 13.5. The number of hydrogen-bond donors (Lipinski definition) is 1. The Balaban J connectivity index is 1.98. The van der Waals surface area contributed by atoms with Crippen molar-refractivity contribution in [3.63, 3.8) is 0 Å². The summed E-state index contributed by atoms with van der Waals surface area (Å²) in [6.45, 7) is 1.47. The number of benzene rings is 3. The van der Waals surface area contributed by atoms with Gasteiger partial charge >= 0.3 is 5.97 Å². The standard InChI is InChI=1S/C26H25IN2O5/c1-18(30)29(22-12-7-11-21(27)15-22)25(26(32)28-16-19-8-4-3-5-9-19)20-10-6-13-23(14-20)34-17-24(31)33-2/h3-15,25H,16-17H2,1-2H3,(H,28,32). The Morgan fingerprint density at radius 3 is 2.38 bits per heavy atom. The smallest absolute Gasteiger partial charge is 0.343 e. The summed E-state index contributed by atoms with van der Waals surface area (Å²) in [5.41, 5.74) is 2.08. The van der Waals surface area contributed by atoms with Crippen LogP contribution in [-0.2, 0) is 25.7 Å². The summed E-state index contributed by atoms with van der Waals surface area (Å²) in [4.78, 5) is 39.3. The van der Waals surface area contributed by atoms with Crippen molar-refractivity contribution in [1.82, 2.24) is 5.32 Å². The van der Waals surface area contributed by atoms with Gasteiger partial charge in [-0.15, -0.1) is 0 Å². The van der Waals surface area contributed by atoms with Crippen LogP contribution >= 0.6 is 22.6 Å². The van der Waals surface area contributed by atoms with Crippen molar-refractivity contribution < 1.29 is 23.9 Å². The Morgan fingerprint density at radius 2 is 1.71 bits per heavy atom. The summed E-state index contributed by atoms with van der Waals surface area (Å²) in [6, 6.07) is 22.7. The number of rotatable bonds is 9. The second-order valence-electron chi connectivity index (χ2n) is 7.41. The molecule has 0 aliphatic heterocycles. The Kier molecular flexibility index (Phi) is 9.03. The predicted molar refractivity (Wildman–Crippen MR) is 137 cm³/mol. The van der Waals surface area contributed by atoms with Crippen LogP contribution in [0.3, 0.4) is 0 Å². The highest BCUT2D eigenvalue weighted by atomic mass is 127. The fraction of sp³-hybridized carbons (Fsp3) is 0.192. The molecule has 0 heterocycles. The molecule has 0 aromatic heterocycles. The van der Waals surface area contributed by atoms with Crippen LogP contribution in [-0.4, -0.2) is 31.5 Å². The number of ether oxygens (including phenoxy) is 2. The van der Waals surface area contributed by atoms with Crippen LogP contribution in [0.2, 0.25) is 0 Å². The molecule has 0 spiro atoms. The zero-order chi connectivity index (χ0) is 24.5. The van der Waals surface area contributed by atoms with Gasteiger partial charge in [-0.3, -0.25) is 14.5 Å². The van der Waals surface area contributed by atoms with E-state index in [0.717, 1.165) is 9.13 Å². The lowest BCUT2D eigenvalue weighted by atomic mass is 10.0. The third-order valence-corrected chi connectivity index (χ3v) is 5.67. The van der Waals surface area contributed by atoms with Gasteiger partial charge in [0.1, 0.15) is 11.8 Å². The van der Waals surface area contributed by atoms with Crippen molar-refractivity contribution in [2.45, 2.75) is 19.5 Å². The molecule has 34 heavy (non-hydrogen) atoms. The van der Waals surface area contributed by atoms with E-state index in [1.54, 1.807) is 30.3 Å². The van der Waals surface area contributed by atoms with Gasteiger partial charge in [-0.2, -0.15) is 0 Å². The molecule has 176 valence electrons. The zero-order valence-corrected chi connectivity index (χ0v) is 21.0. The summed E-state index contributed by atoms with van der Waals surface area (Å²) in [7, 11) is 1.28. The molecule has 7 nitrogen and oxygen atoms in total. The van der Waals surface area contributed by atoms with Crippen molar-refractivity contribution in [1.29, 1.82) is 0 Å². The molecule has 0 aliphatic rings. The van der Waals surface area contributed by atoms with Crippen molar-refractivity contribution in [3.8, 4) is 5.75 Å². The molecule has 3 rings (SSSR count). The molecule has 1 unspecified atom stereocenters. The van der Waals surface area contributed by atoms with Crippen LogP contribution < -0.4 is 15.0 Å². The highest BCUT2D eigenvalue weighted by Gasteiger charge is 2.31. The molecule has 0 bridgehead atoms. The summed E-state index contributed by atoms with van der Waals surface area (Å²) in [5, 5.41) is 2.95. The molecule has 3 aromatic rings. The van der Waals surface area contributed by atoms with Crippen LogP contribution in [0.15, 0.2) is 78.9 Å². The zero-order valence-electron chi connectivity index (χ0n) is 18.9. The summed E-state index contributed by atoms with van der Waals surface area (Å²) < 4.78 is 11.1. The van der Waals surface area contributed by atoms with Gasteiger partial charge in [-0.05, 0) is 64.0 Å². The first-order chi connectivity index (χ1) is 16.4. The minimum Gasteiger partial charge on any atom is -0.482 e. The van der Waals surface area contributed by atoms with E-state index in [1.165, 1.54) is 18.9 Å². The largest absolute Gasteiger partial charge is 0.482 e. The van der Waals surface area contributed by atoms with E-state index >= 15 is 0 Å². The molecule has 2 amide bonds. The van der Waals surface area contributed by atoms with E-state index in [2.05, 4.69) is 32.6 Å². The fourth-order valence-electron chi connectivity index (χ4n) is 3.41. The average Bonchev–Trinajstić information content (AvgIpc) is 2.84. The van der Waals surface area contributed by atoms with Crippen LogP contribution in [0.4, 0.5) is 5.69 Å². The number of carbonyl (C=O) groups excluding carboxylic acids is 3. The molecule has 0 aliphatic carbocycles. The first-order valence-electron chi connectivity index (χ1n) is 10.6. The van der Waals surface area contributed by atoms with Gasteiger partial charge < -0.3 is 14.8 Å². The number of carbonyl (C=O) groups is 3. The number of hydrogen-bond acceptors (Lipinski definition) is 5. The van der Waals surface area contributed by atoms with Gasteiger partial charge in [0.25, 0.3) is 0 Å². The van der Waals surface area contributed by atoms with E-state index in [-0.39, 0.29) is 18.4 Å². The maximum Gasteiger partial charge on any atom is 0.343 e. The fourth-order valence-corrected chi connectivity index (χ4v) is 3.94. The van der Waals surface area contributed by atoms with Gasteiger partial charge in [0, 0.05) is 22.7 Å². The quantitative estimate of drug-likeness (QED) is 0.306. The Morgan fingerprint density at radius 1 is 0.971 bits per heavy atom. The van der Waals surface area contributed by atoms with Crippen LogP contribution in [0.5, 0.6) is 5.75 Å². The first-order valence-corrected chi connectivity index (χ1v) is 11.6. The van der Waals surface area contributed by atoms with Crippen molar-refractivity contribution in [2.75, 3.05) is 18.6 Å². The Labute approximate surface area is 212 Å². The second-order valence-corrected chi connectivity index (χ2v) is 8.66. The minimum absolute atomic E-state index is 0.266. The van der Waals surface area contributed by atoms with Crippen LogP contribution in [0.25, 0.3) is 0 Å². The van der Waals surface area contributed by atoms with Gasteiger partial charge in [0.2, 0.25) is 11.8 Å². The summed E-state index contributed by atoms with van der Waals surface area (Å²) >= 11 is 2.17. The number of anilines is 1. The SMILES string of the molecule is COC(=O)COc1cccc(C(C(=O)NCc2ccccc2)N(C(C)=O)c2cccc(I)c2)c1. The lowest BCUT2D eigenvalue weighted by molar-refractivity contribution is -0.142. The lowest BCUT2D eigenvalue weighted by Crippen LogP contribution is -2.43. The van der Waals surface area contributed by atoms with E-state index in [9.17, 15) is 14.4 Å². The van der Waals surface area contributed by atoms with Gasteiger partial charge in [-0.25, -0.2) is 4.79 Å². The molecule has 8 heteroatoms. The normalized spacial score (nSPS) is 11.3. The second kappa shape index (κ2) is 12.2.